The second-order valence-corrected chi connectivity index (χ2v) is 7.25. The van der Waals surface area contributed by atoms with Gasteiger partial charge in [-0.05, 0) is 62.7 Å². The van der Waals surface area contributed by atoms with E-state index < -0.39 is 0 Å². The summed E-state index contributed by atoms with van der Waals surface area (Å²) in [5.74, 6) is 3.02. The summed E-state index contributed by atoms with van der Waals surface area (Å²) < 4.78 is 0. The molecular weight excluding hydrogens is 236 g/mol. The SMILES string of the molecule is CCCCNC(=O)CNC12CC3CC(CC(C3)C1)C2. The van der Waals surface area contributed by atoms with Crippen LogP contribution in [0.25, 0.3) is 0 Å². The molecule has 4 fully saturated rings. The van der Waals surface area contributed by atoms with Crippen LogP contribution in [-0.2, 0) is 4.79 Å². The number of unbranched alkanes of at least 4 members (excludes halogenated alkanes) is 1. The third-order valence-corrected chi connectivity index (χ3v) is 5.51. The smallest absolute Gasteiger partial charge is 0.233 e. The maximum Gasteiger partial charge on any atom is 0.233 e. The molecule has 0 aromatic rings. The van der Waals surface area contributed by atoms with E-state index in [4.69, 9.17) is 0 Å². The molecule has 0 radical (unpaired) electrons. The molecule has 108 valence electrons. The third-order valence-electron chi connectivity index (χ3n) is 5.51. The zero-order valence-corrected chi connectivity index (χ0v) is 12.2. The van der Waals surface area contributed by atoms with Crippen LogP contribution in [-0.4, -0.2) is 24.5 Å². The van der Waals surface area contributed by atoms with E-state index in [9.17, 15) is 4.79 Å². The molecule has 3 heteroatoms. The summed E-state index contributed by atoms with van der Waals surface area (Å²) in [6.45, 7) is 3.51. The summed E-state index contributed by atoms with van der Waals surface area (Å²) in [5, 5.41) is 6.66. The van der Waals surface area contributed by atoms with Crippen LogP contribution in [0.4, 0.5) is 0 Å². The summed E-state index contributed by atoms with van der Waals surface area (Å²) in [5.41, 5.74) is 0.316. The van der Waals surface area contributed by atoms with Crippen LogP contribution in [0.1, 0.15) is 58.3 Å². The van der Waals surface area contributed by atoms with E-state index in [0.29, 0.717) is 12.1 Å². The summed E-state index contributed by atoms with van der Waals surface area (Å²) in [6, 6.07) is 0. The first-order chi connectivity index (χ1) is 9.19. The maximum absolute atomic E-state index is 11.8. The highest BCUT2D eigenvalue weighted by molar-refractivity contribution is 5.78. The molecule has 0 unspecified atom stereocenters. The number of carbonyl (C=O) groups excluding carboxylic acids is 1. The Morgan fingerprint density at radius 1 is 1.11 bits per heavy atom. The van der Waals surface area contributed by atoms with Gasteiger partial charge in [0, 0.05) is 12.1 Å². The Balaban J connectivity index is 1.48. The zero-order valence-electron chi connectivity index (χ0n) is 12.2. The van der Waals surface area contributed by atoms with E-state index in [2.05, 4.69) is 17.6 Å². The highest BCUT2D eigenvalue weighted by Gasteiger charge is 2.50. The minimum Gasteiger partial charge on any atom is -0.355 e. The van der Waals surface area contributed by atoms with Crippen molar-refractivity contribution in [3.63, 3.8) is 0 Å². The van der Waals surface area contributed by atoms with Crippen molar-refractivity contribution in [2.75, 3.05) is 13.1 Å². The van der Waals surface area contributed by atoms with Gasteiger partial charge in [0.25, 0.3) is 0 Å². The van der Waals surface area contributed by atoms with E-state index in [-0.39, 0.29) is 5.91 Å². The maximum atomic E-state index is 11.8. The van der Waals surface area contributed by atoms with Gasteiger partial charge in [-0.2, -0.15) is 0 Å². The molecule has 0 heterocycles. The van der Waals surface area contributed by atoms with Crippen LogP contribution in [0, 0.1) is 17.8 Å². The van der Waals surface area contributed by atoms with Crippen LogP contribution in [0.5, 0.6) is 0 Å². The summed E-state index contributed by atoms with van der Waals surface area (Å²) in [6.07, 6.45) is 10.6. The number of hydrogen-bond acceptors (Lipinski definition) is 2. The molecule has 3 nitrogen and oxygen atoms in total. The molecule has 2 N–H and O–H groups in total. The Labute approximate surface area is 116 Å². The molecule has 0 aromatic carbocycles. The topological polar surface area (TPSA) is 41.1 Å². The molecule has 4 aliphatic carbocycles. The van der Waals surface area contributed by atoms with Crippen LogP contribution < -0.4 is 10.6 Å². The Bertz CT molecular complexity index is 304. The summed E-state index contributed by atoms with van der Waals surface area (Å²) >= 11 is 0. The Morgan fingerprint density at radius 2 is 1.68 bits per heavy atom. The van der Waals surface area contributed by atoms with Crippen molar-refractivity contribution in [3.05, 3.63) is 0 Å². The van der Waals surface area contributed by atoms with Crippen molar-refractivity contribution in [2.45, 2.75) is 63.8 Å². The fourth-order valence-electron chi connectivity index (χ4n) is 5.06. The lowest BCUT2D eigenvalue weighted by molar-refractivity contribution is -0.121. The molecule has 4 saturated carbocycles. The third kappa shape index (κ3) is 2.96. The molecule has 0 aliphatic heterocycles. The van der Waals surface area contributed by atoms with E-state index in [0.717, 1.165) is 37.1 Å². The molecule has 4 aliphatic rings. The van der Waals surface area contributed by atoms with Crippen molar-refractivity contribution in [2.24, 2.45) is 17.8 Å². The van der Waals surface area contributed by atoms with Crippen molar-refractivity contribution < 1.29 is 4.79 Å². The second-order valence-electron chi connectivity index (χ2n) is 7.25. The average molecular weight is 264 g/mol. The standard InChI is InChI=1S/C16H28N2O/c1-2-3-4-17-15(19)11-18-16-8-12-5-13(9-16)7-14(6-12)10-16/h12-14,18H,2-11H2,1H3,(H,17,19). The van der Waals surface area contributed by atoms with E-state index in [1.165, 1.54) is 38.5 Å². The molecule has 4 rings (SSSR count). The molecule has 0 atom stereocenters. The van der Waals surface area contributed by atoms with Crippen molar-refractivity contribution >= 4 is 5.91 Å². The minimum atomic E-state index is 0.184. The van der Waals surface area contributed by atoms with E-state index >= 15 is 0 Å². The van der Waals surface area contributed by atoms with Gasteiger partial charge in [-0.15, -0.1) is 0 Å². The van der Waals surface area contributed by atoms with Gasteiger partial charge in [-0.1, -0.05) is 13.3 Å². The number of hydrogen-bond donors (Lipinski definition) is 2. The number of rotatable bonds is 6. The van der Waals surface area contributed by atoms with Crippen molar-refractivity contribution in [1.82, 2.24) is 10.6 Å². The van der Waals surface area contributed by atoms with E-state index in [1.54, 1.807) is 0 Å². The lowest BCUT2D eigenvalue weighted by Crippen LogP contribution is -2.59. The molecule has 0 aromatic heterocycles. The lowest BCUT2D eigenvalue weighted by atomic mass is 9.53. The highest BCUT2D eigenvalue weighted by Crippen LogP contribution is 2.55. The van der Waals surface area contributed by atoms with Gasteiger partial charge >= 0.3 is 0 Å². The Kier molecular flexibility index (Phi) is 3.84. The largest absolute Gasteiger partial charge is 0.355 e. The predicted molar refractivity (Wildman–Crippen MR) is 76.8 cm³/mol. The summed E-state index contributed by atoms with van der Waals surface area (Å²) in [4.78, 5) is 11.8. The van der Waals surface area contributed by atoms with Crippen molar-refractivity contribution in [1.29, 1.82) is 0 Å². The molecular formula is C16H28N2O. The molecule has 0 saturated heterocycles. The minimum absolute atomic E-state index is 0.184. The quantitative estimate of drug-likeness (QED) is 0.724. The molecule has 4 bridgehead atoms. The van der Waals surface area contributed by atoms with E-state index in [1.807, 2.05) is 0 Å². The molecule has 19 heavy (non-hydrogen) atoms. The Morgan fingerprint density at radius 3 is 2.21 bits per heavy atom. The predicted octanol–water partition coefficient (Wildman–Crippen LogP) is 2.46. The van der Waals surface area contributed by atoms with Gasteiger partial charge in [0.1, 0.15) is 0 Å². The van der Waals surface area contributed by atoms with Crippen LogP contribution in [0.2, 0.25) is 0 Å². The first-order valence-electron chi connectivity index (χ1n) is 8.21. The van der Waals surface area contributed by atoms with Gasteiger partial charge < -0.3 is 10.6 Å². The first-order valence-corrected chi connectivity index (χ1v) is 8.21. The molecule has 1 amide bonds. The van der Waals surface area contributed by atoms with Gasteiger partial charge in [0.2, 0.25) is 5.91 Å². The summed E-state index contributed by atoms with van der Waals surface area (Å²) in [7, 11) is 0. The molecule has 0 spiro atoms. The zero-order chi connectivity index (χ0) is 13.3. The number of amides is 1. The monoisotopic (exact) mass is 264 g/mol. The lowest BCUT2D eigenvalue weighted by Gasteiger charge is -2.57. The van der Waals surface area contributed by atoms with Gasteiger partial charge in [0.15, 0.2) is 0 Å². The van der Waals surface area contributed by atoms with Gasteiger partial charge in [0.05, 0.1) is 6.54 Å². The van der Waals surface area contributed by atoms with Crippen LogP contribution in [0.15, 0.2) is 0 Å². The highest BCUT2D eigenvalue weighted by atomic mass is 16.1. The number of carbonyl (C=O) groups is 1. The first kappa shape index (κ1) is 13.4. The van der Waals surface area contributed by atoms with Crippen molar-refractivity contribution in [3.8, 4) is 0 Å². The van der Waals surface area contributed by atoms with Crippen LogP contribution in [0.3, 0.4) is 0 Å². The number of nitrogens with one attached hydrogen (secondary N) is 2. The second kappa shape index (κ2) is 5.43. The average Bonchev–Trinajstić information content (AvgIpc) is 2.35. The van der Waals surface area contributed by atoms with Gasteiger partial charge in [-0.25, -0.2) is 0 Å². The Hall–Kier alpha value is -0.570. The fraction of sp³-hybridized carbons (Fsp3) is 0.938. The van der Waals surface area contributed by atoms with Crippen LogP contribution >= 0.6 is 0 Å². The fourth-order valence-corrected chi connectivity index (χ4v) is 5.06. The normalized spacial score (nSPS) is 39.5. The van der Waals surface area contributed by atoms with Gasteiger partial charge in [-0.3, -0.25) is 4.79 Å².